The fourth-order valence-electron chi connectivity index (χ4n) is 0.874. The largest absolute Gasteiger partial charge is 0.451 e. The molecule has 0 saturated carbocycles. The smallest absolute Gasteiger partial charge is 0.321 e. The first-order chi connectivity index (χ1) is 5.24. The zero-order valence-corrected chi connectivity index (χ0v) is 6.56. The first-order valence-electron chi connectivity index (χ1n) is 3.27. The molecule has 5 heteroatoms. The van der Waals surface area contributed by atoms with Crippen LogP contribution < -0.4 is 5.32 Å². The van der Waals surface area contributed by atoms with Crippen LogP contribution in [0, 0.1) is 0 Å². The summed E-state index contributed by atoms with van der Waals surface area (Å²) in [6.45, 7) is 0.569. The van der Waals surface area contributed by atoms with Gasteiger partial charge in [-0.2, -0.15) is 0 Å². The maximum atomic E-state index is 10.8. The minimum absolute atomic E-state index is 0.205. The Balaban J connectivity index is 2.36. The van der Waals surface area contributed by atoms with Crippen molar-refractivity contribution >= 4 is 23.5 Å². The number of esters is 1. The summed E-state index contributed by atoms with van der Waals surface area (Å²) in [5.41, 5.74) is 0. The van der Waals surface area contributed by atoms with Crippen LogP contribution in [0.1, 0.15) is 6.42 Å². The van der Waals surface area contributed by atoms with Gasteiger partial charge in [0.2, 0.25) is 0 Å². The monoisotopic (exact) mass is 177 g/mol. The minimum Gasteiger partial charge on any atom is -0.451 e. The normalized spacial score (nSPS) is 23.0. The van der Waals surface area contributed by atoms with E-state index in [9.17, 15) is 9.59 Å². The number of carbonyl (C=O) groups is 2. The number of rotatable bonds is 2. The fourth-order valence-corrected chi connectivity index (χ4v) is 0.937. The van der Waals surface area contributed by atoms with Crippen LogP contribution in [0.3, 0.4) is 0 Å². The van der Waals surface area contributed by atoms with Crippen molar-refractivity contribution in [3.63, 3.8) is 0 Å². The number of ether oxygens (including phenoxy) is 1. The molecule has 0 aliphatic carbocycles. The Labute approximate surface area is 68.8 Å². The van der Waals surface area contributed by atoms with Gasteiger partial charge in [-0.3, -0.25) is 9.59 Å². The van der Waals surface area contributed by atoms with Crippen LogP contribution in [-0.2, 0) is 14.3 Å². The van der Waals surface area contributed by atoms with Gasteiger partial charge in [0.15, 0.2) is 6.10 Å². The first-order valence-corrected chi connectivity index (χ1v) is 3.80. The van der Waals surface area contributed by atoms with Gasteiger partial charge in [-0.15, -0.1) is 11.6 Å². The van der Waals surface area contributed by atoms with Crippen molar-refractivity contribution in [2.45, 2.75) is 12.5 Å². The molecule has 1 amide bonds. The second-order valence-corrected chi connectivity index (χ2v) is 2.46. The summed E-state index contributed by atoms with van der Waals surface area (Å²) in [5, 5.41) is 2.54. The first kappa shape index (κ1) is 8.33. The van der Waals surface area contributed by atoms with Gasteiger partial charge in [0.05, 0.1) is 0 Å². The molecule has 4 nitrogen and oxygen atoms in total. The summed E-state index contributed by atoms with van der Waals surface area (Å²) in [6, 6.07) is 0. The average molecular weight is 178 g/mol. The molecule has 0 spiro atoms. The average Bonchev–Trinajstić information content (AvgIpc) is 2.37. The standard InChI is InChI=1S/C6H8ClNO3/c7-3-5(9)11-4-1-2-8-6(4)10/h4H,1-3H2,(H,8,10). The van der Waals surface area contributed by atoms with Crippen LogP contribution in [0.25, 0.3) is 0 Å². The molecule has 1 aliphatic heterocycles. The quantitative estimate of drug-likeness (QED) is 0.464. The van der Waals surface area contributed by atoms with Crippen molar-refractivity contribution in [3.05, 3.63) is 0 Å². The minimum atomic E-state index is -0.624. The van der Waals surface area contributed by atoms with Gasteiger partial charge >= 0.3 is 5.97 Å². The van der Waals surface area contributed by atoms with Crippen LogP contribution in [0.5, 0.6) is 0 Å². The van der Waals surface area contributed by atoms with Crippen molar-refractivity contribution in [1.82, 2.24) is 5.32 Å². The van der Waals surface area contributed by atoms with Crippen LogP contribution in [0.4, 0.5) is 0 Å². The Bertz CT molecular complexity index is 183. The molecular formula is C6H8ClNO3. The molecule has 62 valence electrons. The molecule has 1 aliphatic rings. The molecule has 1 unspecified atom stereocenters. The second-order valence-electron chi connectivity index (χ2n) is 2.19. The summed E-state index contributed by atoms with van der Waals surface area (Å²) < 4.78 is 4.69. The van der Waals surface area contributed by atoms with E-state index in [0.29, 0.717) is 13.0 Å². The summed E-state index contributed by atoms with van der Waals surface area (Å²) in [7, 11) is 0. The molecule has 1 N–H and O–H groups in total. The summed E-state index contributed by atoms with van der Waals surface area (Å²) in [4.78, 5) is 21.4. The Kier molecular flexibility index (Phi) is 2.70. The van der Waals surface area contributed by atoms with E-state index in [1.165, 1.54) is 0 Å². The number of hydrogen-bond acceptors (Lipinski definition) is 3. The van der Waals surface area contributed by atoms with Gasteiger partial charge < -0.3 is 10.1 Å². The van der Waals surface area contributed by atoms with E-state index >= 15 is 0 Å². The lowest BCUT2D eigenvalue weighted by Gasteiger charge is -2.06. The van der Waals surface area contributed by atoms with Gasteiger partial charge in [0, 0.05) is 13.0 Å². The highest BCUT2D eigenvalue weighted by Gasteiger charge is 2.27. The van der Waals surface area contributed by atoms with Crippen LogP contribution in [0.15, 0.2) is 0 Å². The number of amides is 1. The molecule has 0 radical (unpaired) electrons. The Morgan fingerprint density at radius 3 is 3.00 bits per heavy atom. The number of nitrogens with one attached hydrogen (secondary N) is 1. The Hall–Kier alpha value is -0.770. The van der Waals surface area contributed by atoms with Gasteiger partial charge in [-0.1, -0.05) is 0 Å². The van der Waals surface area contributed by atoms with E-state index in [2.05, 4.69) is 10.1 Å². The molecule has 1 saturated heterocycles. The van der Waals surface area contributed by atoms with E-state index in [0.717, 1.165) is 0 Å². The second kappa shape index (κ2) is 3.57. The highest BCUT2D eigenvalue weighted by molar-refractivity contribution is 6.26. The van der Waals surface area contributed by atoms with Crippen molar-refractivity contribution in [2.24, 2.45) is 0 Å². The zero-order valence-electron chi connectivity index (χ0n) is 5.80. The lowest BCUT2D eigenvalue weighted by atomic mass is 10.3. The highest BCUT2D eigenvalue weighted by atomic mass is 35.5. The van der Waals surface area contributed by atoms with E-state index in [-0.39, 0.29) is 11.8 Å². The van der Waals surface area contributed by atoms with E-state index in [4.69, 9.17) is 11.6 Å². The molecule has 1 rings (SSSR count). The summed E-state index contributed by atoms with van der Waals surface area (Å²) >= 11 is 5.17. The van der Waals surface area contributed by atoms with Crippen molar-refractivity contribution < 1.29 is 14.3 Å². The number of hydrogen-bond donors (Lipinski definition) is 1. The lowest BCUT2D eigenvalue weighted by molar-refractivity contribution is -0.151. The number of halogens is 1. The van der Waals surface area contributed by atoms with E-state index in [1.807, 2.05) is 0 Å². The third-order valence-electron chi connectivity index (χ3n) is 1.38. The van der Waals surface area contributed by atoms with Crippen LogP contribution >= 0.6 is 11.6 Å². The van der Waals surface area contributed by atoms with Gasteiger partial charge in [-0.05, 0) is 0 Å². The predicted molar refractivity (Wildman–Crippen MR) is 38.2 cm³/mol. The van der Waals surface area contributed by atoms with Gasteiger partial charge in [0.1, 0.15) is 5.88 Å². The Morgan fingerprint density at radius 1 is 1.82 bits per heavy atom. The number of carbonyl (C=O) groups excluding carboxylic acids is 2. The van der Waals surface area contributed by atoms with Crippen molar-refractivity contribution in [3.8, 4) is 0 Å². The summed E-state index contributed by atoms with van der Waals surface area (Å²) in [6.07, 6.45) is -0.0807. The van der Waals surface area contributed by atoms with Crippen LogP contribution in [-0.4, -0.2) is 30.4 Å². The zero-order chi connectivity index (χ0) is 8.27. The predicted octanol–water partition coefficient (Wildman–Crippen LogP) is -0.343. The highest BCUT2D eigenvalue weighted by Crippen LogP contribution is 2.05. The SMILES string of the molecule is O=C(CCl)OC1CCNC1=O. The van der Waals surface area contributed by atoms with E-state index < -0.39 is 12.1 Å². The molecule has 11 heavy (non-hydrogen) atoms. The van der Waals surface area contributed by atoms with Gasteiger partial charge in [0.25, 0.3) is 5.91 Å². The molecule has 1 atom stereocenters. The number of alkyl halides is 1. The molecular weight excluding hydrogens is 170 g/mol. The maximum absolute atomic E-state index is 10.8. The van der Waals surface area contributed by atoms with E-state index in [1.54, 1.807) is 0 Å². The Morgan fingerprint density at radius 2 is 2.55 bits per heavy atom. The van der Waals surface area contributed by atoms with Crippen molar-refractivity contribution in [1.29, 1.82) is 0 Å². The third-order valence-corrected chi connectivity index (χ3v) is 1.60. The fraction of sp³-hybridized carbons (Fsp3) is 0.667. The molecule has 0 aromatic heterocycles. The van der Waals surface area contributed by atoms with Gasteiger partial charge in [-0.25, -0.2) is 0 Å². The molecule has 0 aromatic carbocycles. The maximum Gasteiger partial charge on any atom is 0.321 e. The molecule has 0 aromatic rings. The summed E-state index contributed by atoms with van der Waals surface area (Å²) in [5.74, 6) is -0.985. The third kappa shape index (κ3) is 2.08. The molecule has 0 bridgehead atoms. The van der Waals surface area contributed by atoms with Crippen molar-refractivity contribution in [2.75, 3.05) is 12.4 Å². The topological polar surface area (TPSA) is 55.4 Å². The lowest BCUT2D eigenvalue weighted by Crippen LogP contribution is -2.28. The van der Waals surface area contributed by atoms with Crippen LogP contribution in [0.2, 0.25) is 0 Å². The molecule has 1 heterocycles. The molecule has 1 fully saturated rings.